The number of benzene rings is 4. The number of ether oxygens (including phenoxy) is 4. The van der Waals surface area contributed by atoms with Gasteiger partial charge in [-0.25, -0.2) is 0 Å². The lowest BCUT2D eigenvalue weighted by molar-refractivity contribution is 0.352. The normalized spacial score (nSPS) is 18.7. The highest BCUT2D eigenvalue weighted by Gasteiger charge is 2.39. The molecule has 0 fully saturated rings. The lowest BCUT2D eigenvalue weighted by Gasteiger charge is -2.41. The van der Waals surface area contributed by atoms with E-state index in [1.165, 1.54) is 27.8 Å². The summed E-state index contributed by atoms with van der Waals surface area (Å²) in [5, 5.41) is 0. The molecule has 0 amide bonds. The van der Waals surface area contributed by atoms with Gasteiger partial charge in [-0.15, -0.1) is 0 Å². The SMILES string of the molecule is COc1ccc([C@@H]2c3ccccc3C[C@H](c3ccc(OC)c(OC)c3)[C@H]2c2ccccc2)cc1OC. The molecule has 1 aliphatic rings. The van der Waals surface area contributed by atoms with Gasteiger partial charge < -0.3 is 18.9 Å². The minimum atomic E-state index is 0.134. The second-order valence-corrected chi connectivity index (χ2v) is 9.15. The third kappa shape index (κ3) is 4.28. The minimum absolute atomic E-state index is 0.134. The van der Waals surface area contributed by atoms with Gasteiger partial charge >= 0.3 is 0 Å². The molecule has 0 heterocycles. The van der Waals surface area contributed by atoms with Crippen LogP contribution in [0.3, 0.4) is 0 Å². The molecule has 5 rings (SSSR count). The van der Waals surface area contributed by atoms with Crippen molar-refractivity contribution in [2.75, 3.05) is 28.4 Å². The molecule has 0 radical (unpaired) electrons. The maximum Gasteiger partial charge on any atom is 0.161 e. The summed E-state index contributed by atoms with van der Waals surface area (Å²) in [5.74, 6) is 3.55. The summed E-state index contributed by atoms with van der Waals surface area (Å²) in [6, 6.07) is 32.3. The van der Waals surface area contributed by atoms with Crippen LogP contribution in [0.2, 0.25) is 0 Å². The van der Waals surface area contributed by atoms with Crippen molar-refractivity contribution in [2.24, 2.45) is 0 Å². The van der Waals surface area contributed by atoms with E-state index >= 15 is 0 Å². The van der Waals surface area contributed by atoms with Crippen molar-refractivity contribution in [2.45, 2.75) is 24.2 Å². The van der Waals surface area contributed by atoms with Crippen molar-refractivity contribution in [1.82, 2.24) is 0 Å². The van der Waals surface area contributed by atoms with E-state index < -0.39 is 0 Å². The minimum Gasteiger partial charge on any atom is -0.493 e. The second-order valence-electron chi connectivity index (χ2n) is 9.15. The molecular formula is C32H32O4. The Morgan fingerprint density at radius 3 is 1.72 bits per heavy atom. The quantitative estimate of drug-likeness (QED) is 0.286. The Morgan fingerprint density at radius 2 is 1.08 bits per heavy atom. The van der Waals surface area contributed by atoms with E-state index in [1.807, 2.05) is 12.1 Å². The molecule has 0 saturated carbocycles. The van der Waals surface area contributed by atoms with Crippen LogP contribution in [0.25, 0.3) is 0 Å². The second kappa shape index (κ2) is 10.4. The zero-order valence-electron chi connectivity index (χ0n) is 21.2. The zero-order valence-corrected chi connectivity index (χ0v) is 21.2. The van der Waals surface area contributed by atoms with Crippen LogP contribution in [0, 0.1) is 0 Å². The topological polar surface area (TPSA) is 36.9 Å². The average molecular weight is 481 g/mol. The predicted molar refractivity (Wildman–Crippen MR) is 143 cm³/mol. The Morgan fingerprint density at radius 1 is 0.528 bits per heavy atom. The van der Waals surface area contributed by atoms with Crippen LogP contribution in [0.1, 0.15) is 45.6 Å². The van der Waals surface area contributed by atoms with Crippen molar-refractivity contribution in [3.63, 3.8) is 0 Å². The van der Waals surface area contributed by atoms with E-state index in [0.717, 1.165) is 29.4 Å². The molecule has 4 aromatic carbocycles. The Kier molecular flexibility index (Phi) is 6.86. The highest BCUT2D eigenvalue weighted by molar-refractivity contribution is 5.53. The summed E-state index contributed by atoms with van der Waals surface area (Å²) in [7, 11) is 6.73. The van der Waals surface area contributed by atoms with Crippen LogP contribution in [0.4, 0.5) is 0 Å². The first-order valence-corrected chi connectivity index (χ1v) is 12.2. The van der Waals surface area contributed by atoms with E-state index in [0.29, 0.717) is 0 Å². The van der Waals surface area contributed by atoms with Crippen LogP contribution in [-0.2, 0) is 6.42 Å². The van der Waals surface area contributed by atoms with Crippen molar-refractivity contribution < 1.29 is 18.9 Å². The fourth-order valence-electron chi connectivity index (χ4n) is 5.75. The van der Waals surface area contributed by atoms with Crippen LogP contribution < -0.4 is 18.9 Å². The van der Waals surface area contributed by atoms with Gasteiger partial charge in [-0.05, 0) is 64.4 Å². The molecule has 1 aliphatic carbocycles. The first-order chi connectivity index (χ1) is 17.7. The van der Waals surface area contributed by atoms with E-state index in [4.69, 9.17) is 18.9 Å². The molecule has 4 heteroatoms. The molecule has 0 bridgehead atoms. The van der Waals surface area contributed by atoms with Crippen molar-refractivity contribution in [3.05, 3.63) is 119 Å². The maximum atomic E-state index is 5.71. The third-order valence-corrected chi connectivity index (χ3v) is 7.41. The largest absolute Gasteiger partial charge is 0.493 e. The molecule has 0 saturated heterocycles. The first-order valence-electron chi connectivity index (χ1n) is 12.2. The number of hydrogen-bond acceptors (Lipinski definition) is 4. The van der Waals surface area contributed by atoms with E-state index in [2.05, 4.69) is 78.9 Å². The standard InChI is InChI=1S/C32H32O4/c1-33-27-16-14-23(19-29(27)35-3)26-18-22-12-8-9-13-25(22)32(31(26)21-10-6-5-7-11-21)24-15-17-28(34-2)30(20-24)36-4/h5-17,19-20,26,31-32H,18H2,1-4H3/t26-,31-,32-/m1/s1. The van der Waals surface area contributed by atoms with Gasteiger partial charge in [-0.2, -0.15) is 0 Å². The van der Waals surface area contributed by atoms with Gasteiger partial charge in [0.1, 0.15) is 0 Å². The molecule has 36 heavy (non-hydrogen) atoms. The Bertz CT molecular complexity index is 1330. The Labute approximate surface area is 213 Å². The molecule has 0 aromatic heterocycles. The van der Waals surface area contributed by atoms with Crippen LogP contribution in [-0.4, -0.2) is 28.4 Å². The summed E-state index contributed by atoms with van der Waals surface area (Å²) in [4.78, 5) is 0. The van der Waals surface area contributed by atoms with E-state index in [-0.39, 0.29) is 17.8 Å². The zero-order chi connectivity index (χ0) is 25.1. The third-order valence-electron chi connectivity index (χ3n) is 7.41. The fraction of sp³-hybridized carbons (Fsp3) is 0.250. The summed E-state index contributed by atoms with van der Waals surface area (Å²) in [6.45, 7) is 0. The van der Waals surface area contributed by atoms with Gasteiger partial charge in [0.15, 0.2) is 23.0 Å². The molecule has 4 nitrogen and oxygen atoms in total. The monoisotopic (exact) mass is 480 g/mol. The first kappa shape index (κ1) is 23.8. The van der Waals surface area contributed by atoms with Gasteiger partial charge in [0.25, 0.3) is 0 Å². The van der Waals surface area contributed by atoms with Crippen LogP contribution in [0.15, 0.2) is 91.0 Å². The Balaban J connectivity index is 1.74. The number of fused-ring (bicyclic) bond motifs is 1. The van der Waals surface area contributed by atoms with E-state index in [1.54, 1.807) is 28.4 Å². The van der Waals surface area contributed by atoms with Gasteiger partial charge in [0.05, 0.1) is 28.4 Å². The fourth-order valence-corrected chi connectivity index (χ4v) is 5.75. The van der Waals surface area contributed by atoms with Gasteiger partial charge in [-0.1, -0.05) is 66.7 Å². The molecule has 3 atom stereocenters. The van der Waals surface area contributed by atoms with E-state index in [9.17, 15) is 0 Å². The van der Waals surface area contributed by atoms with Gasteiger partial charge in [0, 0.05) is 11.8 Å². The van der Waals surface area contributed by atoms with Crippen molar-refractivity contribution in [1.29, 1.82) is 0 Å². The number of hydrogen-bond donors (Lipinski definition) is 0. The molecule has 4 aromatic rings. The summed E-state index contributed by atoms with van der Waals surface area (Å²) in [5.41, 5.74) is 6.48. The lowest BCUT2D eigenvalue weighted by Crippen LogP contribution is -2.28. The summed E-state index contributed by atoms with van der Waals surface area (Å²) >= 11 is 0. The van der Waals surface area contributed by atoms with Crippen LogP contribution in [0.5, 0.6) is 23.0 Å². The summed E-state index contributed by atoms with van der Waals surface area (Å²) in [6.07, 6.45) is 0.939. The lowest BCUT2D eigenvalue weighted by atomic mass is 9.62. The smallest absolute Gasteiger partial charge is 0.161 e. The van der Waals surface area contributed by atoms with Gasteiger partial charge in [0.2, 0.25) is 0 Å². The van der Waals surface area contributed by atoms with Gasteiger partial charge in [-0.3, -0.25) is 0 Å². The highest BCUT2D eigenvalue weighted by atomic mass is 16.5. The molecule has 184 valence electrons. The molecule has 0 unspecified atom stereocenters. The predicted octanol–water partition coefficient (Wildman–Crippen LogP) is 6.98. The molecule has 0 aliphatic heterocycles. The summed E-state index contributed by atoms with van der Waals surface area (Å²) < 4.78 is 22.5. The molecule has 0 N–H and O–H groups in total. The van der Waals surface area contributed by atoms with Crippen molar-refractivity contribution in [3.8, 4) is 23.0 Å². The Hall–Kier alpha value is -3.92. The highest BCUT2D eigenvalue weighted by Crippen LogP contribution is 2.54. The number of rotatable bonds is 7. The average Bonchev–Trinajstić information content (AvgIpc) is 2.95. The molecule has 0 spiro atoms. The maximum absolute atomic E-state index is 5.71. The number of methoxy groups -OCH3 is 4. The molecular weight excluding hydrogens is 448 g/mol. The van der Waals surface area contributed by atoms with Crippen LogP contribution >= 0.6 is 0 Å². The van der Waals surface area contributed by atoms with Crippen molar-refractivity contribution >= 4 is 0 Å².